The summed E-state index contributed by atoms with van der Waals surface area (Å²) in [5.41, 5.74) is 0. The summed E-state index contributed by atoms with van der Waals surface area (Å²) in [5, 5.41) is 2.97. The SMILES string of the molecule is Cc1ccc([C@H](CNC(=O)c2ccc(Br)o2)N2CCC(C)CC2)o1. The molecule has 2 aromatic rings. The van der Waals surface area contributed by atoms with Crippen LogP contribution in [0.15, 0.2) is 37.8 Å². The summed E-state index contributed by atoms with van der Waals surface area (Å²) >= 11 is 3.22. The van der Waals surface area contributed by atoms with Crippen molar-refractivity contribution in [3.8, 4) is 0 Å². The molecular weight excluding hydrogens is 372 g/mol. The number of likely N-dealkylation sites (tertiary alicyclic amines) is 1. The molecule has 6 heteroatoms. The maximum absolute atomic E-state index is 12.3. The van der Waals surface area contributed by atoms with E-state index in [-0.39, 0.29) is 11.9 Å². The molecule has 0 radical (unpaired) electrons. The molecule has 1 N–H and O–H groups in total. The third-order valence-corrected chi connectivity index (χ3v) is 5.03. The number of nitrogens with one attached hydrogen (secondary N) is 1. The van der Waals surface area contributed by atoms with Crippen LogP contribution in [0, 0.1) is 12.8 Å². The van der Waals surface area contributed by atoms with E-state index in [0.29, 0.717) is 17.0 Å². The molecule has 1 aliphatic heterocycles. The number of hydrogen-bond acceptors (Lipinski definition) is 4. The first-order valence-corrected chi connectivity index (χ1v) is 9.16. The van der Waals surface area contributed by atoms with E-state index in [0.717, 1.165) is 30.5 Å². The summed E-state index contributed by atoms with van der Waals surface area (Å²) in [6.45, 7) is 6.78. The first-order chi connectivity index (χ1) is 11.5. The van der Waals surface area contributed by atoms with Crippen LogP contribution in [0.25, 0.3) is 0 Å². The Balaban J connectivity index is 1.69. The Morgan fingerprint density at radius 1 is 1.29 bits per heavy atom. The predicted octanol–water partition coefficient (Wildman–Crippen LogP) is 4.15. The number of hydrogen-bond donors (Lipinski definition) is 1. The minimum atomic E-state index is -0.209. The van der Waals surface area contributed by atoms with Crippen LogP contribution in [0.1, 0.15) is 47.9 Å². The summed E-state index contributed by atoms with van der Waals surface area (Å²) in [4.78, 5) is 14.7. The molecule has 1 aliphatic rings. The first-order valence-electron chi connectivity index (χ1n) is 8.37. The van der Waals surface area contributed by atoms with Crippen molar-refractivity contribution in [2.75, 3.05) is 19.6 Å². The van der Waals surface area contributed by atoms with Gasteiger partial charge in [0.25, 0.3) is 5.91 Å². The maximum atomic E-state index is 12.3. The number of carbonyl (C=O) groups excluding carboxylic acids is 1. The van der Waals surface area contributed by atoms with Gasteiger partial charge in [0.15, 0.2) is 10.4 Å². The summed E-state index contributed by atoms with van der Waals surface area (Å²) in [7, 11) is 0. The fraction of sp³-hybridized carbons (Fsp3) is 0.500. The van der Waals surface area contributed by atoms with Gasteiger partial charge < -0.3 is 14.2 Å². The Bertz CT molecular complexity index is 686. The third-order valence-electron chi connectivity index (χ3n) is 4.60. The second-order valence-electron chi connectivity index (χ2n) is 6.50. The van der Waals surface area contributed by atoms with Crippen molar-refractivity contribution in [1.29, 1.82) is 0 Å². The van der Waals surface area contributed by atoms with Gasteiger partial charge in [0.2, 0.25) is 0 Å². The monoisotopic (exact) mass is 394 g/mol. The minimum absolute atomic E-state index is 0.0496. The average molecular weight is 395 g/mol. The molecule has 3 rings (SSSR count). The number of carbonyl (C=O) groups is 1. The molecule has 0 aliphatic carbocycles. The zero-order valence-electron chi connectivity index (χ0n) is 14.0. The number of amides is 1. The predicted molar refractivity (Wildman–Crippen MR) is 94.9 cm³/mol. The van der Waals surface area contributed by atoms with Crippen LogP contribution in [0.3, 0.4) is 0 Å². The lowest BCUT2D eigenvalue weighted by Gasteiger charge is -2.35. The first kappa shape index (κ1) is 17.3. The highest BCUT2D eigenvalue weighted by Gasteiger charge is 2.27. The molecule has 2 aromatic heterocycles. The lowest BCUT2D eigenvalue weighted by atomic mass is 9.97. The molecule has 1 fully saturated rings. The van der Waals surface area contributed by atoms with Gasteiger partial charge in [-0.15, -0.1) is 0 Å². The lowest BCUT2D eigenvalue weighted by molar-refractivity contribution is 0.0868. The average Bonchev–Trinajstić information content (AvgIpc) is 3.18. The molecule has 3 heterocycles. The van der Waals surface area contributed by atoms with Gasteiger partial charge in [-0.3, -0.25) is 9.69 Å². The van der Waals surface area contributed by atoms with Crippen LogP contribution >= 0.6 is 15.9 Å². The highest BCUT2D eigenvalue weighted by Crippen LogP contribution is 2.27. The Hall–Kier alpha value is -1.53. The largest absolute Gasteiger partial charge is 0.465 e. The van der Waals surface area contributed by atoms with Gasteiger partial charge in [0.05, 0.1) is 6.04 Å². The molecule has 1 saturated heterocycles. The topological polar surface area (TPSA) is 58.6 Å². The Morgan fingerprint density at radius 2 is 2.04 bits per heavy atom. The molecule has 130 valence electrons. The quantitative estimate of drug-likeness (QED) is 0.827. The highest BCUT2D eigenvalue weighted by atomic mass is 79.9. The van der Waals surface area contributed by atoms with Crippen LogP contribution in [0.4, 0.5) is 0 Å². The number of aryl methyl sites for hydroxylation is 1. The van der Waals surface area contributed by atoms with Crippen molar-refractivity contribution < 1.29 is 13.6 Å². The van der Waals surface area contributed by atoms with Crippen molar-refractivity contribution in [2.45, 2.75) is 32.7 Å². The molecule has 5 nitrogen and oxygen atoms in total. The molecular formula is C18H23BrN2O3. The molecule has 0 saturated carbocycles. The number of nitrogens with zero attached hydrogens (tertiary/aromatic N) is 1. The maximum Gasteiger partial charge on any atom is 0.287 e. The zero-order valence-corrected chi connectivity index (χ0v) is 15.6. The summed E-state index contributed by atoms with van der Waals surface area (Å²) in [5.74, 6) is 2.66. The summed E-state index contributed by atoms with van der Waals surface area (Å²) < 4.78 is 11.7. The van der Waals surface area contributed by atoms with Crippen molar-refractivity contribution in [3.05, 3.63) is 46.2 Å². The van der Waals surface area contributed by atoms with Gasteiger partial charge in [-0.25, -0.2) is 0 Å². The standard InChI is InChI=1S/C18H23BrN2O3/c1-12-7-9-21(10-8-12)14(15-4-3-13(2)23-15)11-20-18(22)16-5-6-17(19)24-16/h3-6,12,14H,7-11H2,1-2H3,(H,20,22)/t14-/m0/s1. The fourth-order valence-corrected chi connectivity index (χ4v) is 3.40. The van der Waals surface area contributed by atoms with Crippen molar-refractivity contribution in [2.24, 2.45) is 5.92 Å². The second-order valence-corrected chi connectivity index (χ2v) is 7.28. The van der Waals surface area contributed by atoms with E-state index < -0.39 is 0 Å². The van der Waals surface area contributed by atoms with Gasteiger partial charge in [-0.2, -0.15) is 0 Å². The van der Waals surface area contributed by atoms with Crippen LogP contribution in [-0.4, -0.2) is 30.4 Å². The number of halogens is 1. The number of rotatable bonds is 5. The van der Waals surface area contributed by atoms with Crippen LogP contribution in [0.2, 0.25) is 0 Å². The van der Waals surface area contributed by atoms with E-state index in [1.165, 1.54) is 12.8 Å². The number of piperidine rings is 1. The van der Waals surface area contributed by atoms with Gasteiger partial charge in [-0.05, 0) is 79.0 Å². The van der Waals surface area contributed by atoms with Gasteiger partial charge in [-0.1, -0.05) is 6.92 Å². The Kier molecular flexibility index (Phi) is 5.46. The van der Waals surface area contributed by atoms with E-state index in [9.17, 15) is 4.79 Å². The van der Waals surface area contributed by atoms with Crippen LogP contribution < -0.4 is 5.32 Å². The highest BCUT2D eigenvalue weighted by molar-refractivity contribution is 9.10. The molecule has 24 heavy (non-hydrogen) atoms. The number of furan rings is 2. The van der Waals surface area contributed by atoms with E-state index in [4.69, 9.17) is 8.83 Å². The van der Waals surface area contributed by atoms with E-state index in [1.54, 1.807) is 12.1 Å². The van der Waals surface area contributed by atoms with Crippen LogP contribution in [-0.2, 0) is 0 Å². The van der Waals surface area contributed by atoms with Gasteiger partial charge >= 0.3 is 0 Å². The molecule has 0 bridgehead atoms. The molecule has 1 atom stereocenters. The molecule has 0 spiro atoms. The van der Waals surface area contributed by atoms with Crippen molar-refractivity contribution in [3.63, 3.8) is 0 Å². The smallest absolute Gasteiger partial charge is 0.287 e. The Morgan fingerprint density at radius 3 is 2.62 bits per heavy atom. The third kappa shape index (κ3) is 4.11. The molecule has 0 unspecified atom stereocenters. The Labute approximate surface area is 150 Å². The fourth-order valence-electron chi connectivity index (χ4n) is 3.10. The summed E-state index contributed by atoms with van der Waals surface area (Å²) in [6, 6.07) is 7.41. The zero-order chi connectivity index (χ0) is 17.1. The van der Waals surface area contributed by atoms with Crippen molar-refractivity contribution >= 4 is 21.8 Å². The van der Waals surface area contributed by atoms with E-state index >= 15 is 0 Å². The van der Waals surface area contributed by atoms with Crippen molar-refractivity contribution in [1.82, 2.24) is 10.2 Å². The van der Waals surface area contributed by atoms with Gasteiger partial charge in [0, 0.05) is 6.54 Å². The molecule has 0 aromatic carbocycles. The van der Waals surface area contributed by atoms with Crippen LogP contribution in [0.5, 0.6) is 0 Å². The van der Waals surface area contributed by atoms with E-state index in [2.05, 4.69) is 33.1 Å². The normalized spacial score (nSPS) is 17.8. The minimum Gasteiger partial charge on any atom is -0.465 e. The second kappa shape index (κ2) is 7.57. The molecule has 1 amide bonds. The van der Waals surface area contributed by atoms with Gasteiger partial charge in [0.1, 0.15) is 11.5 Å². The lowest BCUT2D eigenvalue weighted by Crippen LogP contribution is -2.41. The van der Waals surface area contributed by atoms with E-state index in [1.807, 2.05) is 19.1 Å². The summed E-state index contributed by atoms with van der Waals surface area (Å²) in [6.07, 6.45) is 2.35.